The van der Waals surface area contributed by atoms with Gasteiger partial charge in [-0.1, -0.05) is 0 Å². The van der Waals surface area contributed by atoms with Gasteiger partial charge in [-0.25, -0.2) is 0 Å². The zero-order chi connectivity index (χ0) is 11.7. The second kappa shape index (κ2) is 4.13. The number of rotatable bonds is 1. The lowest BCUT2D eigenvalue weighted by atomic mass is 10.1. The van der Waals surface area contributed by atoms with Crippen molar-refractivity contribution in [3.63, 3.8) is 0 Å². The summed E-state index contributed by atoms with van der Waals surface area (Å²) in [6.45, 7) is 3.41. The summed E-state index contributed by atoms with van der Waals surface area (Å²) in [5.74, 6) is 1.62. The number of ether oxygens (including phenoxy) is 2. The third kappa shape index (κ3) is 1.98. The Morgan fingerprint density at radius 2 is 1.94 bits per heavy atom. The topological polar surface area (TPSA) is 47.1 Å². The molecule has 88 valence electrons. The molecular weight excluding hydrogens is 216 g/mol. The van der Waals surface area contributed by atoms with Gasteiger partial charge in [0.2, 0.25) is 0 Å². The third-order valence-electron chi connectivity index (χ3n) is 2.75. The molecule has 1 aromatic heterocycles. The van der Waals surface area contributed by atoms with Gasteiger partial charge in [0.15, 0.2) is 11.5 Å². The molecule has 1 aliphatic heterocycles. The van der Waals surface area contributed by atoms with Gasteiger partial charge < -0.3 is 9.47 Å². The van der Waals surface area contributed by atoms with Crippen LogP contribution in [-0.4, -0.2) is 23.4 Å². The zero-order valence-corrected chi connectivity index (χ0v) is 9.69. The summed E-state index contributed by atoms with van der Waals surface area (Å²) in [5, 5.41) is 7.17. The highest BCUT2D eigenvalue weighted by molar-refractivity contribution is 5.64. The van der Waals surface area contributed by atoms with Gasteiger partial charge in [-0.3, -0.25) is 5.10 Å². The fourth-order valence-corrected chi connectivity index (χ4v) is 1.89. The molecule has 2 aromatic rings. The molecule has 1 N–H and O–H groups in total. The molecule has 0 spiro atoms. The summed E-state index contributed by atoms with van der Waals surface area (Å²) >= 11 is 0. The van der Waals surface area contributed by atoms with Gasteiger partial charge in [-0.05, 0) is 31.2 Å². The van der Waals surface area contributed by atoms with Crippen molar-refractivity contribution in [3.05, 3.63) is 30.0 Å². The number of hydrogen-bond donors (Lipinski definition) is 1. The second-order valence-corrected chi connectivity index (χ2v) is 4.15. The molecular formula is C13H14N2O2. The molecule has 0 amide bonds. The van der Waals surface area contributed by atoms with E-state index in [1.54, 1.807) is 0 Å². The molecule has 0 saturated heterocycles. The van der Waals surface area contributed by atoms with E-state index in [0.29, 0.717) is 13.2 Å². The lowest BCUT2D eigenvalue weighted by molar-refractivity contribution is 0.297. The Hall–Kier alpha value is -1.97. The maximum atomic E-state index is 5.65. The van der Waals surface area contributed by atoms with Crippen molar-refractivity contribution in [3.8, 4) is 22.8 Å². The molecule has 1 aromatic carbocycles. The molecule has 0 atom stereocenters. The Labute approximate surface area is 99.6 Å². The van der Waals surface area contributed by atoms with Crippen LogP contribution < -0.4 is 9.47 Å². The number of aryl methyl sites for hydroxylation is 1. The number of aromatic nitrogens is 2. The van der Waals surface area contributed by atoms with Crippen LogP contribution in [0.4, 0.5) is 0 Å². The van der Waals surface area contributed by atoms with Crippen molar-refractivity contribution in [2.24, 2.45) is 0 Å². The normalized spacial score (nSPS) is 14.4. The lowest BCUT2D eigenvalue weighted by Crippen LogP contribution is -1.97. The summed E-state index contributed by atoms with van der Waals surface area (Å²) in [5.41, 5.74) is 3.02. The molecule has 1 aliphatic rings. The van der Waals surface area contributed by atoms with Crippen molar-refractivity contribution in [2.75, 3.05) is 13.2 Å². The van der Waals surface area contributed by atoms with Gasteiger partial charge in [0.25, 0.3) is 0 Å². The highest BCUT2D eigenvalue weighted by Gasteiger charge is 2.12. The molecule has 0 unspecified atom stereocenters. The van der Waals surface area contributed by atoms with Crippen LogP contribution in [0, 0.1) is 6.92 Å². The van der Waals surface area contributed by atoms with Crippen LogP contribution in [0.1, 0.15) is 12.1 Å². The smallest absolute Gasteiger partial charge is 0.161 e. The molecule has 3 rings (SSSR count). The average molecular weight is 230 g/mol. The van der Waals surface area contributed by atoms with Crippen LogP contribution in [0.25, 0.3) is 11.3 Å². The molecule has 2 heterocycles. The van der Waals surface area contributed by atoms with Gasteiger partial charge in [-0.2, -0.15) is 5.10 Å². The number of aromatic amines is 1. The fourth-order valence-electron chi connectivity index (χ4n) is 1.89. The first-order chi connectivity index (χ1) is 8.33. The van der Waals surface area contributed by atoms with Crippen molar-refractivity contribution in [1.29, 1.82) is 0 Å². The number of benzene rings is 1. The van der Waals surface area contributed by atoms with E-state index in [2.05, 4.69) is 10.2 Å². The maximum Gasteiger partial charge on any atom is 0.161 e. The average Bonchev–Trinajstić information content (AvgIpc) is 2.64. The maximum absolute atomic E-state index is 5.65. The number of nitrogens with one attached hydrogen (secondary N) is 1. The van der Waals surface area contributed by atoms with Crippen LogP contribution >= 0.6 is 0 Å². The Morgan fingerprint density at radius 1 is 1.12 bits per heavy atom. The summed E-state index contributed by atoms with van der Waals surface area (Å²) in [6.07, 6.45) is 0.922. The number of nitrogens with zero attached hydrogens (tertiary/aromatic N) is 1. The van der Waals surface area contributed by atoms with E-state index in [4.69, 9.17) is 9.47 Å². The van der Waals surface area contributed by atoms with Gasteiger partial charge in [0.05, 0.1) is 18.9 Å². The highest BCUT2D eigenvalue weighted by Crippen LogP contribution is 2.33. The lowest BCUT2D eigenvalue weighted by Gasteiger charge is -2.07. The van der Waals surface area contributed by atoms with Gasteiger partial charge in [-0.15, -0.1) is 0 Å². The van der Waals surface area contributed by atoms with Crippen molar-refractivity contribution >= 4 is 0 Å². The van der Waals surface area contributed by atoms with E-state index < -0.39 is 0 Å². The van der Waals surface area contributed by atoms with E-state index in [9.17, 15) is 0 Å². The van der Waals surface area contributed by atoms with Crippen molar-refractivity contribution in [1.82, 2.24) is 10.2 Å². The van der Waals surface area contributed by atoms with E-state index in [1.807, 2.05) is 31.2 Å². The summed E-state index contributed by atoms with van der Waals surface area (Å²) < 4.78 is 11.2. The first-order valence-corrected chi connectivity index (χ1v) is 5.75. The standard InChI is InChI=1S/C13H14N2O2/c1-9-7-11(15-14-9)10-3-4-12-13(8-10)17-6-2-5-16-12/h3-4,7-8H,2,5-6H2,1H3,(H,14,15). The zero-order valence-electron chi connectivity index (χ0n) is 9.69. The Balaban J connectivity index is 2.00. The van der Waals surface area contributed by atoms with Crippen molar-refractivity contribution < 1.29 is 9.47 Å². The van der Waals surface area contributed by atoms with Crippen LogP contribution in [0.3, 0.4) is 0 Å². The van der Waals surface area contributed by atoms with Gasteiger partial charge in [0, 0.05) is 17.7 Å². The summed E-state index contributed by atoms with van der Waals surface area (Å²) in [7, 11) is 0. The fraction of sp³-hybridized carbons (Fsp3) is 0.308. The molecule has 4 nitrogen and oxygen atoms in total. The predicted octanol–water partition coefficient (Wildman–Crippen LogP) is 2.55. The summed E-state index contributed by atoms with van der Waals surface area (Å²) in [4.78, 5) is 0. The van der Waals surface area contributed by atoms with E-state index in [-0.39, 0.29) is 0 Å². The summed E-state index contributed by atoms with van der Waals surface area (Å²) in [6, 6.07) is 7.94. The SMILES string of the molecule is Cc1cc(-c2ccc3c(c2)OCCCO3)n[nH]1. The second-order valence-electron chi connectivity index (χ2n) is 4.15. The third-order valence-corrected chi connectivity index (χ3v) is 2.75. The number of hydrogen-bond acceptors (Lipinski definition) is 3. The minimum absolute atomic E-state index is 0.704. The Kier molecular flexibility index (Phi) is 2.48. The first kappa shape index (κ1) is 10.2. The molecule has 17 heavy (non-hydrogen) atoms. The molecule has 0 radical (unpaired) electrons. The van der Waals surface area contributed by atoms with Crippen LogP contribution in [0.2, 0.25) is 0 Å². The molecule has 0 bridgehead atoms. The van der Waals surface area contributed by atoms with E-state index in [1.165, 1.54) is 0 Å². The minimum Gasteiger partial charge on any atom is -0.490 e. The predicted molar refractivity (Wildman–Crippen MR) is 64.4 cm³/mol. The Morgan fingerprint density at radius 3 is 2.71 bits per heavy atom. The van der Waals surface area contributed by atoms with Crippen LogP contribution in [-0.2, 0) is 0 Å². The highest BCUT2D eigenvalue weighted by atomic mass is 16.5. The minimum atomic E-state index is 0.704. The van der Waals surface area contributed by atoms with Crippen LogP contribution in [0.5, 0.6) is 11.5 Å². The molecule has 0 saturated carbocycles. The number of H-pyrrole nitrogens is 1. The van der Waals surface area contributed by atoms with E-state index >= 15 is 0 Å². The Bertz CT molecular complexity index is 534. The van der Waals surface area contributed by atoms with Crippen molar-refractivity contribution in [2.45, 2.75) is 13.3 Å². The molecule has 0 fully saturated rings. The quantitative estimate of drug-likeness (QED) is 0.819. The molecule has 0 aliphatic carbocycles. The van der Waals surface area contributed by atoms with Gasteiger partial charge in [0.1, 0.15) is 0 Å². The van der Waals surface area contributed by atoms with Gasteiger partial charge >= 0.3 is 0 Å². The largest absolute Gasteiger partial charge is 0.490 e. The first-order valence-electron chi connectivity index (χ1n) is 5.75. The monoisotopic (exact) mass is 230 g/mol. The number of fused-ring (bicyclic) bond motifs is 1. The molecule has 4 heteroatoms. The van der Waals surface area contributed by atoms with Crippen LogP contribution in [0.15, 0.2) is 24.3 Å². The van der Waals surface area contributed by atoms with E-state index in [0.717, 1.165) is 34.9 Å².